The molecule has 4 rings (SSSR count). The maximum absolute atomic E-state index is 13.3. The quantitative estimate of drug-likeness (QED) is 0.479. The van der Waals surface area contributed by atoms with Crippen molar-refractivity contribution >= 4 is 29.4 Å². The first-order valence-electron chi connectivity index (χ1n) is 12.6. The molecule has 7 heteroatoms. The van der Waals surface area contributed by atoms with Crippen LogP contribution in [0.4, 0.5) is 0 Å². The third-order valence-electron chi connectivity index (χ3n) is 7.18. The zero-order valence-corrected chi connectivity index (χ0v) is 21.9. The number of nitrogens with zero attached hydrogens (tertiary/aromatic N) is 2. The Balaban J connectivity index is 1.56. The predicted molar refractivity (Wildman–Crippen MR) is 139 cm³/mol. The molecule has 0 radical (unpaired) electrons. The van der Waals surface area contributed by atoms with Gasteiger partial charge in [0.25, 0.3) is 5.91 Å². The van der Waals surface area contributed by atoms with Crippen LogP contribution >= 0.6 is 11.6 Å². The molecule has 6 nitrogen and oxygen atoms in total. The van der Waals surface area contributed by atoms with Crippen molar-refractivity contribution < 1.29 is 19.1 Å². The Morgan fingerprint density at radius 1 is 1.08 bits per heavy atom. The van der Waals surface area contributed by atoms with Gasteiger partial charge >= 0.3 is 5.97 Å². The van der Waals surface area contributed by atoms with E-state index in [1.54, 1.807) is 30.9 Å². The van der Waals surface area contributed by atoms with Crippen LogP contribution in [0.2, 0.25) is 5.02 Å². The molecule has 0 aromatic heterocycles. The lowest BCUT2D eigenvalue weighted by molar-refractivity contribution is -0.140. The van der Waals surface area contributed by atoms with Crippen LogP contribution in [0.5, 0.6) is 0 Å². The van der Waals surface area contributed by atoms with Crippen LogP contribution in [-0.2, 0) is 20.9 Å². The number of allylic oxidation sites excluding steroid dienone is 1. The van der Waals surface area contributed by atoms with E-state index in [9.17, 15) is 14.4 Å². The van der Waals surface area contributed by atoms with E-state index in [2.05, 4.69) is 6.92 Å². The van der Waals surface area contributed by atoms with E-state index in [1.807, 2.05) is 41.3 Å². The summed E-state index contributed by atoms with van der Waals surface area (Å²) in [5, 5.41) is 0.553. The van der Waals surface area contributed by atoms with Gasteiger partial charge in [-0.2, -0.15) is 0 Å². The summed E-state index contributed by atoms with van der Waals surface area (Å²) in [4.78, 5) is 42.7. The SMILES string of the molecule is CCOC(=O)C1=C(C)N(Cc2ccc(C(=O)N3CCC(C)CC3)cc2)C(=O)CC1c1cccc(Cl)c1. The molecule has 0 saturated carbocycles. The second-order valence-corrected chi connectivity index (χ2v) is 10.1. The van der Waals surface area contributed by atoms with Gasteiger partial charge in [-0.1, -0.05) is 42.8 Å². The fourth-order valence-corrected chi connectivity index (χ4v) is 5.21. The highest BCUT2D eigenvalue weighted by molar-refractivity contribution is 6.30. The smallest absolute Gasteiger partial charge is 0.336 e. The number of carbonyl (C=O) groups excluding carboxylic acids is 3. The maximum atomic E-state index is 13.3. The van der Waals surface area contributed by atoms with E-state index in [4.69, 9.17) is 16.3 Å². The topological polar surface area (TPSA) is 66.9 Å². The van der Waals surface area contributed by atoms with Crippen molar-refractivity contribution in [3.63, 3.8) is 0 Å². The number of amides is 2. The molecule has 0 N–H and O–H groups in total. The van der Waals surface area contributed by atoms with Crippen LogP contribution in [0.3, 0.4) is 0 Å². The summed E-state index contributed by atoms with van der Waals surface area (Å²) in [5.74, 6) is -0.207. The Morgan fingerprint density at radius 3 is 2.42 bits per heavy atom. The number of carbonyl (C=O) groups is 3. The summed E-state index contributed by atoms with van der Waals surface area (Å²) < 4.78 is 5.36. The molecule has 1 unspecified atom stereocenters. The lowest BCUT2D eigenvalue weighted by Gasteiger charge is -2.34. The molecule has 36 heavy (non-hydrogen) atoms. The molecule has 190 valence electrons. The van der Waals surface area contributed by atoms with Crippen molar-refractivity contribution in [1.29, 1.82) is 0 Å². The van der Waals surface area contributed by atoms with Gasteiger partial charge in [0, 0.05) is 41.7 Å². The molecule has 1 fully saturated rings. The first kappa shape index (κ1) is 26.0. The van der Waals surface area contributed by atoms with Crippen molar-refractivity contribution in [3.05, 3.63) is 81.5 Å². The summed E-state index contributed by atoms with van der Waals surface area (Å²) in [7, 11) is 0. The van der Waals surface area contributed by atoms with E-state index < -0.39 is 11.9 Å². The Labute approximate surface area is 217 Å². The van der Waals surface area contributed by atoms with Gasteiger partial charge < -0.3 is 14.5 Å². The van der Waals surface area contributed by atoms with Gasteiger partial charge in [-0.3, -0.25) is 9.59 Å². The van der Waals surface area contributed by atoms with Crippen molar-refractivity contribution in [1.82, 2.24) is 9.80 Å². The summed E-state index contributed by atoms with van der Waals surface area (Å²) in [5.41, 5.74) is 3.41. The number of hydrogen-bond acceptors (Lipinski definition) is 4. The Hall–Kier alpha value is -3.12. The molecule has 1 saturated heterocycles. The monoisotopic (exact) mass is 508 g/mol. The van der Waals surface area contributed by atoms with Crippen LogP contribution < -0.4 is 0 Å². The number of ether oxygens (including phenoxy) is 1. The van der Waals surface area contributed by atoms with Crippen molar-refractivity contribution in [3.8, 4) is 0 Å². The van der Waals surface area contributed by atoms with Gasteiger partial charge in [-0.25, -0.2) is 4.79 Å². The van der Waals surface area contributed by atoms with Gasteiger partial charge in [0.2, 0.25) is 5.91 Å². The standard InChI is InChI=1S/C29H33ClN2O4/c1-4-36-29(35)27-20(3)32(26(33)17-25(27)23-6-5-7-24(30)16-23)18-21-8-10-22(11-9-21)28(34)31-14-12-19(2)13-15-31/h5-11,16,19,25H,4,12-15,17-18H2,1-3H3. The molecule has 2 aliphatic rings. The summed E-state index contributed by atoms with van der Waals surface area (Å²) >= 11 is 6.20. The molecule has 0 spiro atoms. The van der Waals surface area contributed by atoms with Crippen LogP contribution in [0.25, 0.3) is 0 Å². The first-order valence-corrected chi connectivity index (χ1v) is 13.0. The minimum atomic E-state index is -0.422. The summed E-state index contributed by atoms with van der Waals surface area (Å²) in [6.45, 7) is 7.91. The van der Waals surface area contributed by atoms with Gasteiger partial charge in [-0.15, -0.1) is 0 Å². The van der Waals surface area contributed by atoms with Gasteiger partial charge in [0.15, 0.2) is 0 Å². The fourth-order valence-electron chi connectivity index (χ4n) is 5.01. The summed E-state index contributed by atoms with van der Waals surface area (Å²) in [6, 6.07) is 14.7. The van der Waals surface area contributed by atoms with E-state index >= 15 is 0 Å². The molecule has 2 aromatic rings. The molecule has 2 heterocycles. The number of hydrogen-bond donors (Lipinski definition) is 0. The number of piperidine rings is 1. The van der Waals surface area contributed by atoms with Crippen molar-refractivity contribution in [2.75, 3.05) is 19.7 Å². The molecule has 1 atom stereocenters. The lowest BCUT2D eigenvalue weighted by Crippen LogP contribution is -2.38. The Kier molecular flexibility index (Phi) is 8.14. The summed E-state index contributed by atoms with van der Waals surface area (Å²) in [6.07, 6.45) is 2.22. The van der Waals surface area contributed by atoms with Crippen LogP contribution in [-0.4, -0.2) is 47.3 Å². The third-order valence-corrected chi connectivity index (χ3v) is 7.42. The van der Waals surface area contributed by atoms with E-state index in [-0.39, 0.29) is 24.8 Å². The predicted octanol–water partition coefficient (Wildman–Crippen LogP) is 5.57. The minimum absolute atomic E-state index is 0.0486. The second-order valence-electron chi connectivity index (χ2n) is 9.68. The average Bonchev–Trinajstić information content (AvgIpc) is 2.86. The van der Waals surface area contributed by atoms with Crippen molar-refractivity contribution in [2.45, 2.75) is 52.5 Å². The van der Waals surface area contributed by atoms with Crippen LogP contribution in [0.15, 0.2) is 59.8 Å². The highest BCUT2D eigenvalue weighted by Gasteiger charge is 2.37. The molecule has 2 aliphatic heterocycles. The van der Waals surface area contributed by atoms with Gasteiger partial charge in [0.1, 0.15) is 0 Å². The fraction of sp³-hybridized carbons (Fsp3) is 0.414. The highest BCUT2D eigenvalue weighted by atomic mass is 35.5. The minimum Gasteiger partial charge on any atom is -0.463 e. The Morgan fingerprint density at radius 2 is 1.78 bits per heavy atom. The molecule has 0 aliphatic carbocycles. The first-order chi connectivity index (χ1) is 17.3. The van der Waals surface area contributed by atoms with E-state index in [0.717, 1.165) is 37.1 Å². The number of esters is 1. The van der Waals surface area contributed by atoms with Gasteiger partial charge in [-0.05, 0) is 68.0 Å². The zero-order valence-electron chi connectivity index (χ0n) is 21.1. The van der Waals surface area contributed by atoms with E-state index in [1.165, 1.54) is 0 Å². The van der Waals surface area contributed by atoms with Gasteiger partial charge in [0.05, 0.1) is 18.7 Å². The van der Waals surface area contributed by atoms with Crippen molar-refractivity contribution in [2.24, 2.45) is 5.92 Å². The molecule has 0 bridgehead atoms. The van der Waals surface area contributed by atoms with Crippen LogP contribution in [0.1, 0.15) is 67.4 Å². The average molecular weight is 509 g/mol. The largest absolute Gasteiger partial charge is 0.463 e. The number of benzene rings is 2. The number of halogens is 1. The van der Waals surface area contributed by atoms with Crippen LogP contribution in [0, 0.1) is 5.92 Å². The molecular formula is C29H33ClN2O4. The molecule has 2 aromatic carbocycles. The van der Waals surface area contributed by atoms with E-state index in [0.29, 0.717) is 34.3 Å². The lowest BCUT2D eigenvalue weighted by atomic mass is 9.83. The molecular weight excluding hydrogens is 476 g/mol. The normalized spacial score (nSPS) is 19.0. The maximum Gasteiger partial charge on any atom is 0.336 e. The molecule has 2 amide bonds. The zero-order chi connectivity index (χ0) is 25.8. The third kappa shape index (κ3) is 5.65. The number of likely N-dealkylation sites (tertiary alicyclic amines) is 1. The number of rotatable bonds is 6. The highest BCUT2D eigenvalue weighted by Crippen LogP contribution is 2.38. The Bertz CT molecular complexity index is 1170. The second kappa shape index (κ2) is 11.3.